The van der Waals surface area contributed by atoms with Crippen LogP contribution in [0.4, 0.5) is 4.39 Å². The van der Waals surface area contributed by atoms with Gasteiger partial charge in [0.15, 0.2) is 11.6 Å². The molecule has 4 nitrogen and oxygen atoms in total. The number of carbonyl (C=O) groups is 1. The van der Waals surface area contributed by atoms with Crippen molar-refractivity contribution in [2.24, 2.45) is 0 Å². The summed E-state index contributed by atoms with van der Waals surface area (Å²) < 4.78 is 24.0. The van der Waals surface area contributed by atoms with Crippen LogP contribution in [0.25, 0.3) is 0 Å². The highest BCUT2D eigenvalue weighted by molar-refractivity contribution is 5.94. The molecule has 0 spiro atoms. The first kappa shape index (κ1) is 13.8. The molecule has 104 valence electrons. The van der Waals surface area contributed by atoms with Gasteiger partial charge in [-0.05, 0) is 32.0 Å². The van der Waals surface area contributed by atoms with Crippen LogP contribution in [0.5, 0.6) is 5.75 Å². The third kappa shape index (κ3) is 3.04. The van der Waals surface area contributed by atoms with Gasteiger partial charge in [0, 0.05) is 18.7 Å². The molecule has 5 heteroatoms. The topological polar surface area (TPSA) is 38.8 Å². The Morgan fingerprint density at radius 3 is 2.53 bits per heavy atom. The van der Waals surface area contributed by atoms with Gasteiger partial charge in [0.05, 0.1) is 19.3 Å². The molecular formula is C14H18FNO3. The summed E-state index contributed by atoms with van der Waals surface area (Å²) in [6.45, 7) is 4.89. The molecule has 0 aliphatic carbocycles. The minimum Gasteiger partial charge on any atom is -0.494 e. The molecule has 1 saturated heterocycles. The second-order valence-corrected chi connectivity index (χ2v) is 4.82. The highest BCUT2D eigenvalue weighted by Crippen LogP contribution is 2.20. The Morgan fingerprint density at radius 2 is 2.00 bits per heavy atom. The minimum atomic E-state index is -0.525. The van der Waals surface area contributed by atoms with E-state index in [0.717, 1.165) is 0 Å². The summed E-state index contributed by atoms with van der Waals surface area (Å²) in [7, 11) is 1.39. The highest BCUT2D eigenvalue weighted by atomic mass is 19.1. The summed E-state index contributed by atoms with van der Waals surface area (Å²) >= 11 is 0. The third-order valence-electron chi connectivity index (χ3n) is 3.11. The summed E-state index contributed by atoms with van der Waals surface area (Å²) in [5, 5.41) is 0. The van der Waals surface area contributed by atoms with Crippen LogP contribution >= 0.6 is 0 Å². The maximum absolute atomic E-state index is 13.6. The quantitative estimate of drug-likeness (QED) is 0.823. The van der Waals surface area contributed by atoms with E-state index in [2.05, 4.69) is 0 Å². The Bertz CT molecular complexity index is 468. The molecule has 0 bridgehead atoms. The number of rotatable bonds is 2. The largest absolute Gasteiger partial charge is 0.494 e. The fourth-order valence-corrected chi connectivity index (χ4v) is 2.33. The normalized spacial score (nSPS) is 23.3. The van der Waals surface area contributed by atoms with Gasteiger partial charge in [-0.15, -0.1) is 0 Å². The molecule has 2 atom stereocenters. The van der Waals surface area contributed by atoms with Gasteiger partial charge in [0.1, 0.15) is 0 Å². The predicted octanol–water partition coefficient (Wildman–Crippen LogP) is 2.08. The van der Waals surface area contributed by atoms with Crippen LogP contribution in [-0.2, 0) is 4.74 Å². The van der Waals surface area contributed by atoms with Gasteiger partial charge in [0.25, 0.3) is 5.91 Å². The lowest BCUT2D eigenvalue weighted by molar-refractivity contribution is -0.0586. The number of nitrogens with zero attached hydrogens (tertiary/aromatic N) is 1. The molecule has 2 rings (SSSR count). The maximum atomic E-state index is 13.6. The van der Waals surface area contributed by atoms with E-state index >= 15 is 0 Å². The molecule has 1 heterocycles. The molecule has 0 N–H and O–H groups in total. The molecule has 19 heavy (non-hydrogen) atoms. The van der Waals surface area contributed by atoms with Crippen LogP contribution in [0.15, 0.2) is 18.2 Å². The zero-order valence-corrected chi connectivity index (χ0v) is 11.4. The zero-order chi connectivity index (χ0) is 14.0. The molecule has 1 aromatic rings. The summed E-state index contributed by atoms with van der Waals surface area (Å²) in [4.78, 5) is 14.0. The van der Waals surface area contributed by atoms with Gasteiger partial charge in [-0.3, -0.25) is 4.79 Å². The standard InChI is InChI=1S/C14H18FNO3/c1-9-7-16(8-10(2)19-9)14(17)11-4-5-13(18-3)12(15)6-11/h4-6,9-10H,7-8H2,1-3H3/t9-,10-/m1/s1. The number of methoxy groups -OCH3 is 1. The fourth-order valence-electron chi connectivity index (χ4n) is 2.33. The summed E-state index contributed by atoms with van der Waals surface area (Å²) in [6.07, 6.45) is -0.00779. The Balaban J connectivity index is 2.17. The lowest BCUT2D eigenvalue weighted by Crippen LogP contribution is -2.48. The second kappa shape index (κ2) is 5.57. The number of carbonyl (C=O) groups excluding carboxylic acids is 1. The molecule has 1 amide bonds. The molecule has 0 unspecified atom stereocenters. The van der Waals surface area contributed by atoms with Crippen molar-refractivity contribution >= 4 is 5.91 Å². The molecule has 1 aliphatic rings. The first-order valence-corrected chi connectivity index (χ1v) is 6.29. The van der Waals surface area contributed by atoms with Gasteiger partial charge in [0.2, 0.25) is 0 Å². The first-order chi connectivity index (χ1) is 9.01. The number of benzene rings is 1. The van der Waals surface area contributed by atoms with Crippen molar-refractivity contribution in [3.8, 4) is 5.75 Å². The van der Waals surface area contributed by atoms with E-state index in [1.165, 1.54) is 19.2 Å². The van der Waals surface area contributed by atoms with E-state index in [-0.39, 0.29) is 23.9 Å². The van der Waals surface area contributed by atoms with E-state index in [1.54, 1.807) is 11.0 Å². The Kier molecular flexibility index (Phi) is 4.04. The van der Waals surface area contributed by atoms with E-state index in [9.17, 15) is 9.18 Å². The van der Waals surface area contributed by atoms with Crippen molar-refractivity contribution in [1.82, 2.24) is 4.90 Å². The van der Waals surface area contributed by atoms with Gasteiger partial charge >= 0.3 is 0 Å². The van der Waals surface area contributed by atoms with Crippen LogP contribution in [0, 0.1) is 5.82 Å². The Hall–Kier alpha value is -1.62. The summed E-state index contributed by atoms with van der Waals surface area (Å²) in [6, 6.07) is 4.26. The molecule has 1 aliphatic heterocycles. The number of hydrogen-bond donors (Lipinski definition) is 0. The number of hydrogen-bond acceptors (Lipinski definition) is 3. The Labute approximate surface area is 112 Å². The van der Waals surface area contributed by atoms with Crippen molar-refractivity contribution in [3.05, 3.63) is 29.6 Å². The lowest BCUT2D eigenvalue weighted by Gasteiger charge is -2.35. The SMILES string of the molecule is COc1ccc(C(=O)N2C[C@@H](C)O[C@H](C)C2)cc1F. The van der Waals surface area contributed by atoms with Crippen LogP contribution in [0.2, 0.25) is 0 Å². The summed E-state index contributed by atoms with van der Waals surface area (Å²) in [5.74, 6) is -0.563. The van der Waals surface area contributed by atoms with Crippen LogP contribution < -0.4 is 4.74 Å². The number of ether oxygens (including phenoxy) is 2. The molecule has 0 saturated carbocycles. The van der Waals surface area contributed by atoms with E-state index < -0.39 is 5.82 Å². The number of halogens is 1. The molecule has 0 radical (unpaired) electrons. The van der Waals surface area contributed by atoms with Gasteiger partial charge in [-0.1, -0.05) is 0 Å². The smallest absolute Gasteiger partial charge is 0.254 e. The monoisotopic (exact) mass is 267 g/mol. The summed E-state index contributed by atoms with van der Waals surface area (Å²) in [5.41, 5.74) is 0.333. The highest BCUT2D eigenvalue weighted by Gasteiger charge is 2.26. The predicted molar refractivity (Wildman–Crippen MR) is 68.9 cm³/mol. The first-order valence-electron chi connectivity index (χ1n) is 6.29. The van der Waals surface area contributed by atoms with Crippen molar-refractivity contribution < 1.29 is 18.7 Å². The molecule has 1 aromatic carbocycles. The lowest BCUT2D eigenvalue weighted by atomic mass is 10.1. The minimum absolute atomic E-state index is 0.00389. The third-order valence-corrected chi connectivity index (χ3v) is 3.11. The maximum Gasteiger partial charge on any atom is 0.254 e. The molecule has 1 fully saturated rings. The van der Waals surface area contributed by atoms with Gasteiger partial charge in [-0.2, -0.15) is 0 Å². The van der Waals surface area contributed by atoms with Crippen molar-refractivity contribution in [2.75, 3.05) is 20.2 Å². The van der Waals surface area contributed by atoms with Crippen molar-refractivity contribution in [1.29, 1.82) is 0 Å². The van der Waals surface area contributed by atoms with Crippen LogP contribution in [-0.4, -0.2) is 43.2 Å². The van der Waals surface area contributed by atoms with Gasteiger partial charge < -0.3 is 14.4 Å². The van der Waals surface area contributed by atoms with Gasteiger partial charge in [-0.25, -0.2) is 4.39 Å². The second-order valence-electron chi connectivity index (χ2n) is 4.82. The van der Waals surface area contributed by atoms with E-state index in [0.29, 0.717) is 18.7 Å². The van der Waals surface area contributed by atoms with Crippen molar-refractivity contribution in [3.63, 3.8) is 0 Å². The number of amides is 1. The average Bonchev–Trinajstić information content (AvgIpc) is 2.36. The van der Waals surface area contributed by atoms with E-state index in [4.69, 9.17) is 9.47 Å². The number of morpholine rings is 1. The Morgan fingerprint density at radius 1 is 1.37 bits per heavy atom. The average molecular weight is 267 g/mol. The van der Waals surface area contributed by atoms with Crippen LogP contribution in [0.1, 0.15) is 24.2 Å². The van der Waals surface area contributed by atoms with Crippen LogP contribution in [0.3, 0.4) is 0 Å². The fraction of sp³-hybridized carbons (Fsp3) is 0.500. The van der Waals surface area contributed by atoms with Crippen molar-refractivity contribution in [2.45, 2.75) is 26.1 Å². The molecular weight excluding hydrogens is 249 g/mol. The van der Waals surface area contributed by atoms with E-state index in [1.807, 2.05) is 13.8 Å². The molecule has 0 aromatic heterocycles. The zero-order valence-electron chi connectivity index (χ0n) is 11.4.